The molecule has 0 aliphatic heterocycles. The SMILES string of the molecule is CCCCCCC(O)OC(C)C. The molecule has 0 fully saturated rings. The minimum atomic E-state index is -0.554. The van der Waals surface area contributed by atoms with Crippen molar-refractivity contribution in [1.82, 2.24) is 0 Å². The first-order chi connectivity index (χ1) is 5.66. The quantitative estimate of drug-likeness (QED) is 0.475. The van der Waals surface area contributed by atoms with Gasteiger partial charge in [0.15, 0.2) is 6.29 Å². The normalized spacial score (nSPS) is 13.8. The summed E-state index contributed by atoms with van der Waals surface area (Å²) >= 11 is 0. The number of unbranched alkanes of at least 4 members (excludes halogenated alkanes) is 3. The summed E-state index contributed by atoms with van der Waals surface area (Å²) in [7, 11) is 0. The van der Waals surface area contributed by atoms with E-state index in [0.717, 1.165) is 12.8 Å². The first-order valence-corrected chi connectivity index (χ1v) is 5.00. The zero-order valence-electron chi connectivity index (χ0n) is 8.55. The molecular weight excluding hydrogens is 152 g/mol. The van der Waals surface area contributed by atoms with Crippen molar-refractivity contribution in [2.24, 2.45) is 0 Å². The molecule has 0 aromatic heterocycles. The van der Waals surface area contributed by atoms with Gasteiger partial charge in [-0.1, -0.05) is 26.2 Å². The second kappa shape index (κ2) is 7.56. The maximum absolute atomic E-state index is 9.30. The Morgan fingerprint density at radius 3 is 2.33 bits per heavy atom. The minimum Gasteiger partial charge on any atom is -0.368 e. The van der Waals surface area contributed by atoms with Crippen molar-refractivity contribution < 1.29 is 9.84 Å². The molecule has 0 aromatic rings. The zero-order chi connectivity index (χ0) is 9.40. The standard InChI is InChI=1S/C10H22O2/c1-4-5-6-7-8-10(11)12-9(2)3/h9-11H,4-8H2,1-3H3. The van der Waals surface area contributed by atoms with Gasteiger partial charge in [-0.15, -0.1) is 0 Å². The highest BCUT2D eigenvalue weighted by Crippen LogP contribution is 2.07. The fourth-order valence-corrected chi connectivity index (χ4v) is 1.13. The molecule has 0 spiro atoms. The third-order valence-electron chi connectivity index (χ3n) is 1.73. The Hall–Kier alpha value is -0.0800. The lowest BCUT2D eigenvalue weighted by molar-refractivity contribution is -0.129. The van der Waals surface area contributed by atoms with Crippen LogP contribution < -0.4 is 0 Å². The maximum Gasteiger partial charge on any atom is 0.154 e. The molecule has 0 heterocycles. The second-order valence-corrected chi connectivity index (χ2v) is 3.49. The van der Waals surface area contributed by atoms with Gasteiger partial charge in [0.25, 0.3) is 0 Å². The Morgan fingerprint density at radius 2 is 1.83 bits per heavy atom. The summed E-state index contributed by atoms with van der Waals surface area (Å²) in [4.78, 5) is 0. The molecule has 0 aromatic carbocycles. The monoisotopic (exact) mass is 174 g/mol. The molecule has 0 aliphatic carbocycles. The van der Waals surface area contributed by atoms with E-state index in [9.17, 15) is 5.11 Å². The highest BCUT2D eigenvalue weighted by Gasteiger charge is 2.05. The van der Waals surface area contributed by atoms with Gasteiger partial charge in [0.2, 0.25) is 0 Å². The molecule has 1 unspecified atom stereocenters. The van der Waals surface area contributed by atoms with Gasteiger partial charge in [-0.05, 0) is 26.7 Å². The van der Waals surface area contributed by atoms with E-state index in [2.05, 4.69) is 6.92 Å². The number of rotatable bonds is 7. The van der Waals surface area contributed by atoms with Crippen LogP contribution in [0.15, 0.2) is 0 Å². The number of aliphatic hydroxyl groups is 1. The molecule has 2 heteroatoms. The topological polar surface area (TPSA) is 29.5 Å². The molecule has 0 radical (unpaired) electrons. The van der Waals surface area contributed by atoms with Crippen molar-refractivity contribution in [2.45, 2.75) is 65.3 Å². The van der Waals surface area contributed by atoms with E-state index >= 15 is 0 Å². The van der Waals surface area contributed by atoms with E-state index < -0.39 is 6.29 Å². The predicted octanol–water partition coefficient (Wildman–Crippen LogP) is 2.70. The first kappa shape index (κ1) is 11.9. The van der Waals surface area contributed by atoms with Gasteiger partial charge in [-0.25, -0.2) is 0 Å². The molecule has 1 atom stereocenters. The second-order valence-electron chi connectivity index (χ2n) is 3.49. The van der Waals surface area contributed by atoms with Gasteiger partial charge >= 0.3 is 0 Å². The summed E-state index contributed by atoms with van der Waals surface area (Å²) in [6, 6.07) is 0. The van der Waals surface area contributed by atoms with Crippen LogP contribution in [0.1, 0.15) is 52.9 Å². The Balaban J connectivity index is 3.14. The number of ether oxygens (including phenoxy) is 1. The molecule has 74 valence electrons. The van der Waals surface area contributed by atoms with E-state index in [4.69, 9.17) is 4.74 Å². The summed E-state index contributed by atoms with van der Waals surface area (Å²) in [5.74, 6) is 0. The lowest BCUT2D eigenvalue weighted by Gasteiger charge is -2.14. The van der Waals surface area contributed by atoms with Crippen LogP contribution in [0.2, 0.25) is 0 Å². The van der Waals surface area contributed by atoms with Crippen LogP contribution in [-0.2, 0) is 4.74 Å². The van der Waals surface area contributed by atoms with Crippen molar-refractivity contribution in [3.05, 3.63) is 0 Å². The van der Waals surface area contributed by atoms with Crippen LogP contribution in [0.25, 0.3) is 0 Å². The third kappa shape index (κ3) is 8.02. The molecule has 0 bridgehead atoms. The number of hydrogen-bond donors (Lipinski definition) is 1. The lowest BCUT2D eigenvalue weighted by Crippen LogP contribution is -2.16. The van der Waals surface area contributed by atoms with Crippen LogP contribution in [0.5, 0.6) is 0 Å². The molecule has 0 rings (SSSR count). The van der Waals surface area contributed by atoms with E-state index in [1.54, 1.807) is 0 Å². The molecule has 0 saturated carbocycles. The number of hydrogen-bond acceptors (Lipinski definition) is 2. The molecule has 0 aliphatic rings. The van der Waals surface area contributed by atoms with Gasteiger partial charge < -0.3 is 9.84 Å². The van der Waals surface area contributed by atoms with Crippen LogP contribution in [0, 0.1) is 0 Å². The lowest BCUT2D eigenvalue weighted by atomic mass is 10.1. The van der Waals surface area contributed by atoms with Crippen LogP contribution in [-0.4, -0.2) is 17.5 Å². The maximum atomic E-state index is 9.30. The molecule has 1 N–H and O–H groups in total. The molecule has 2 nitrogen and oxygen atoms in total. The van der Waals surface area contributed by atoms with Gasteiger partial charge in [0.05, 0.1) is 6.10 Å². The van der Waals surface area contributed by atoms with E-state index in [1.807, 2.05) is 13.8 Å². The highest BCUT2D eigenvalue weighted by molar-refractivity contribution is 4.47. The average Bonchev–Trinajstić information content (AvgIpc) is 1.97. The van der Waals surface area contributed by atoms with Crippen LogP contribution in [0.4, 0.5) is 0 Å². The van der Waals surface area contributed by atoms with Crippen molar-refractivity contribution >= 4 is 0 Å². The average molecular weight is 174 g/mol. The van der Waals surface area contributed by atoms with Crippen molar-refractivity contribution in [3.63, 3.8) is 0 Å². The zero-order valence-corrected chi connectivity index (χ0v) is 8.55. The highest BCUT2D eigenvalue weighted by atomic mass is 16.6. The van der Waals surface area contributed by atoms with E-state index in [-0.39, 0.29) is 6.10 Å². The summed E-state index contributed by atoms with van der Waals surface area (Å²) in [6.45, 7) is 6.06. The summed E-state index contributed by atoms with van der Waals surface area (Å²) in [5.41, 5.74) is 0. The van der Waals surface area contributed by atoms with Crippen LogP contribution >= 0.6 is 0 Å². The largest absolute Gasteiger partial charge is 0.368 e. The van der Waals surface area contributed by atoms with Gasteiger partial charge in [-0.3, -0.25) is 0 Å². The van der Waals surface area contributed by atoms with Gasteiger partial charge in [0, 0.05) is 0 Å². The fraction of sp³-hybridized carbons (Fsp3) is 1.00. The smallest absolute Gasteiger partial charge is 0.154 e. The Bertz CT molecular complexity index is 91.8. The summed E-state index contributed by atoms with van der Waals surface area (Å²) < 4.78 is 5.19. The first-order valence-electron chi connectivity index (χ1n) is 5.00. The summed E-state index contributed by atoms with van der Waals surface area (Å²) in [5, 5.41) is 9.30. The van der Waals surface area contributed by atoms with Crippen molar-refractivity contribution in [1.29, 1.82) is 0 Å². The van der Waals surface area contributed by atoms with Crippen LogP contribution in [0.3, 0.4) is 0 Å². The van der Waals surface area contributed by atoms with E-state index in [0.29, 0.717) is 0 Å². The van der Waals surface area contributed by atoms with Crippen molar-refractivity contribution in [2.75, 3.05) is 0 Å². The predicted molar refractivity (Wildman–Crippen MR) is 51.0 cm³/mol. The fourth-order valence-electron chi connectivity index (χ4n) is 1.13. The Kier molecular flexibility index (Phi) is 7.51. The number of aliphatic hydroxyl groups excluding tert-OH is 1. The summed E-state index contributed by atoms with van der Waals surface area (Å²) in [6.07, 6.45) is 5.12. The van der Waals surface area contributed by atoms with E-state index in [1.165, 1.54) is 19.3 Å². The molecule has 0 amide bonds. The molecule has 0 saturated heterocycles. The minimum absolute atomic E-state index is 0.131. The van der Waals surface area contributed by atoms with Gasteiger partial charge in [0.1, 0.15) is 0 Å². The molecular formula is C10H22O2. The van der Waals surface area contributed by atoms with Crippen molar-refractivity contribution in [3.8, 4) is 0 Å². The molecule has 12 heavy (non-hydrogen) atoms. The van der Waals surface area contributed by atoms with Gasteiger partial charge in [-0.2, -0.15) is 0 Å². The Morgan fingerprint density at radius 1 is 1.17 bits per heavy atom. The third-order valence-corrected chi connectivity index (χ3v) is 1.73. The Labute approximate surface area is 75.9 Å².